The van der Waals surface area contributed by atoms with E-state index in [1.165, 1.54) is 0 Å². The van der Waals surface area contributed by atoms with Crippen molar-refractivity contribution < 1.29 is 4.79 Å². The molecule has 1 saturated carbocycles. The van der Waals surface area contributed by atoms with Gasteiger partial charge in [0.25, 0.3) is 0 Å². The van der Waals surface area contributed by atoms with Crippen molar-refractivity contribution in [1.82, 2.24) is 5.32 Å². The summed E-state index contributed by atoms with van der Waals surface area (Å²) in [6.07, 6.45) is 6.18. The van der Waals surface area contributed by atoms with Crippen molar-refractivity contribution >= 4 is 17.9 Å². The molecule has 0 unspecified atom stereocenters. The number of allylic oxidation sites excluding steroid dienone is 2. The molecule has 1 aliphatic heterocycles. The number of ketones is 1. The molecule has 2 aromatic carbocycles. The lowest BCUT2D eigenvalue weighted by Gasteiger charge is -2.48. The third-order valence-corrected chi connectivity index (χ3v) is 5.20. The van der Waals surface area contributed by atoms with Crippen LogP contribution in [0.2, 0.25) is 0 Å². The zero-order chi connectivity index (χ0) is 16.4. The van der Waals surface area contributed by atoms with E-state index in [4.69, 9.17) is 0 Å². The summed E-state index contributed by atoms with van der Waals surface area (Å²) in [5.74, 6) is 0.213. The van der Waals surface area contributed by atoms with Crippen molar-refractivity contribution in [2.45, 2.75) is 12.8 Å². The average Bonchev–Trinajstić information content (AvgIpc) is 2.66. The second-order valence-electron chi connectivity index (χ2n) is 6.60. The summed E-state index contributed by atoms with van der Waals surface area (Å²) in [5, 5.41) is 3.43. The number of hydrogen-bond donors (Lipinski definition) is 1. The molecule has 0 bridgehead atoms. The van der Waals surface area contributed by atoms with E-state index in [2.05, 4.69) is 41.7 Å². The topological polar surface area (TPSA) is 29.1 Å². The number of benzene rings is 2. The van der Waals surface area contributed by atoms with Crippen LogP contribution in [0, 0.1) is 5.41 Å². The number of rotatable bonds is 2. The smallest absolute Gasteiger partial charge is 0.186 e. The van der Waals surface area contributed by atoms with E-state index in [0.29, 0.717) is 0 Å². The van der Waals surface area contributed by atoms with Crippen LogP contribution >= 0.6 is 0 Å². The molecule has 120 valence electrons. The second-order valence-corrected chi connectivity index (χ2v) is 6.60. The van der Waals surface area contributed by atoms with Crippen LogP contribution in [0.25, 0.3) is 12.2 Å². The molecule has 1 aliphatic carbocycles. The number of nitrogens with one attached hydrogen (secondary N) is 1. The molecule has 24 heavy (non-hydrogen) atoms. The zero-order valence-corrected chi connectivity index (χ0v) is 13.7. The Balaban J connectivity index is 1.76. The van der Waals surface area contributed by atoms with Crippen molar-refractivity contribution in [3.05, 3.63) is 82.9 Å². The second kappa shape index (κ2) is 6.21. The van der Waals surface area contributed by atoms with Crippen molar-refractivity contribution in [1.29, 1.82) is 0 Å². The van der Waals surface area contributed by atoms with Gasteiger partial charge in [0.15, 0.2) is 5.78 Å². The number of carbonyl (C=O) groups excluding carboxylic acids is 1. The molecule has 0 atom stereocenters. The summed E-state index contributed by atoms with van der Waals surface area (Å²) in [6.45, 7) is 1.93. The first-order valence-corrected chi connectivity index (χ1v) is 8.59. The van der Waals surface area contributed by atoms with Crippen LogP contribution < -0.4 is 5.32 Å². The highest BCUT2D eigenvalue weighted by Gasteiger charge is 2.53. The number of Topliss-reactive ketones (excluding diaryl/α,β-unsaturated/α-hetero) is 1. The van der Waals surface area contributed by atoms with E-state index >= 15 is 0 Å². The molecule has 2 aromatic rings. The van der Waals surface area contributed by atoms with Gasteiger partial charge in [-0.3, -0.25) is 4.79 Å². The van der Waals surface area contributed by atoms with Crippen molar-refractivity contribution in [2.24, 2.45) is 5.41 Å². The molecule has 0 aromatic heterocycles. The van der Waals surface area contributed by atoms with E-state index in [-0.39, 0.29) is 11.2 Å². The molecule has 1 spiro atoms. The van der Waals surface area contributed by atoms with Gasteiger partial charge in [0.1, 0.15) is 0 Å². The maximum atomic E-state index is 12.9. The highest BCUT2D eigenvalue weighted by molar-refractivity contribution is 6.23. The monoisotopic (exact) mass is 315 g/mol. The summed E-state index contributed by atoms with van der Waals surface area (Å²) in [7, 11) is 0. The summed E-state index contributed by atoms with van der Waals surface area (Å²) < 4.78 is 0. The normalized spacial score (nSPS) is 22.8. The SMILES string of the molecule is O=C1/C(=C/c2ccccc2)C2(CCNCC2)/C1=C\c1ccccc1. The molecule has 2 aliphatic rings. The summed E-state index contributed by atoms with van der Waals surface area (Å²) in [6, 6.07) is 20.3. The third kappa shape index (κ3) is 2.53. The van der Waals surface area contributed by atoms with Gasteiger partial charge in [0, 0.05) is 16.6 Å². The Kier molecular flexibility index (Phi) is 3.91. The van der Waals surface area contributed by atoms with Gasteiger partial charge in [-0.25, -0.2) is 0 Å². The molecule has 0 amide bonds. The zero-order valence-electron chi connectivity index (χ0n) is 13.7. The molecular formula is C22H21NO. The maximum Gasteiger partial charge on any atom is 0.186 e. The molecule has 2 fully saturated rings. The van der Waals surface area contributed by atoms with Crippen molar-refractivity contribution in [3.8, 4) is 0 Å². The van der Waals surface area contributed by atoms with Gasteiger partial charge in [-0.2, -0.15) is 0 Å². The van der Waals surface area contributed by atoms with Crippen molar-refractivity contribution in [3.63, 3.8) is 0 Å². The van der Waals surface area contributed by atoms with Crippen LogP contribution in [-0.2, 0) is 4.79 Å². The third-order valence-electron chi connectivity index (χ3n) is 5.20. The molecular weight excluding hydrogens is 294 g/mol. The standard InChI is InChI=1S/C22H21NO/c24-21-19(15-17-7-3-1-4-8-17)22(11-13-23-14-12-22)20(21)16-18-9-5-2-6-10-18/h1-10,15-16,23H,11-14H2/b19-15-,20-16-. The number of carbonyl (C=O) groups is 1. The Bertz CT molecular complexity index is 735. The largest absolute Gasteiger partial charge is 0.317 e. The van der Waals surface area contributed by atoms with E-state index in [1.807, 2.05) is 36.4 Å². The van der Waals surface area contributed by atoms with Gasteiger partial charge in [-0.1, -0.05) is 60.7 Å². The number of piperidine rings is 1. The predicted octanol–water partition coefficient (Wildman–Crippen LogP) is 4.11. The Labute approximate surface area is 142 Å². The highest BCUT2D eigenvalue weighted by Crippen LogP contribution is 2.55. The van der Waals surface area contributed by atoms with E-state index in [0.717, 1.165) is 48.2 Å². The van der Waals surface area contributed by atoms with Crippen LogP contribution in [0.15, 0.2) is 71.8 Å². The van der Waals surface area contributed by atoms with Crippen molar-refractivity contribution in [2.75, 3.05) is 13.1 Å². The summed E-state index contributed by atoms with van der Waals surface area (Å²) >= 11 is 0. The lowest BCUT2D eigenvalue weighted by molar-refractivity contribution is -0.118. The van der Waals surface area contributed by atoms with Gasteiger partial charge >= 0.3 is 0 Å². The number of hydrogen-bond acceptors (Lipinski definition) is 2. The summed E-state index contributed by atoms with van der Waals surface area (Å²) in [4.78, 5) is 12.9. The minimum atomic E-state index is -0.0754. The maximum absolute atomic E-state index is 12.9. The predicted molar refractivity (Wildman–Crippen MR) is 98.4 cm³/mol. The lowest BCUT2D eigenvalue weighted by Crippen LogP contribution is -2.50. The fourth-order valence-corrected chi connectivity index (χ4v) is 3.89. The van der Waals surface area contributed by atoms with Gasteiger partial charge in [-0.15, -0.1) is 0 Å². The fraction of sp³-hybridized carbons (Fsp3) is 0.227. The molecule has 4 rings (SSSR count). The minimum Gasteiger partial charge on any atom is -0.317 e. The van der Waals surface area contributed by atoms with Crippen LogP contribution in [-0.4, -0.2) is 18.9 Å². The Morgan fingerprint density at radius 3 is 1.67 bits per heavy atom. The Morgan fingerprint density at radius 2 is 1.21 bits per heavy atom. The van der Waals surface area contributed by atoms with Gasteiger partial charge < -0.3 is 5.32 Å². The molecule has 0 radical (unpaired) electrons. The van der Waals surface area contributed by atoms with Crippen LogP contribution in [0.5, 0.6) is 0 Å². The van der Waals surface area contributed by atoms with Gasteiger partial charge in [0.2, 0.25) is 0 Å². The molecule has 1 N–H and O–H groups in total. The van der Waals surface area contributed by atoms with Crippen LogP contribution in [0.4, 0.5) is 0 Å². The average molecular weight is 315 g/mol. The molecule has 1 heterocycles. The first kappa shape index (κ1) is 15.1. The molecule has 2 heteroatoms. The first-order chi connectivity index (χ1) is 11.8. The van der Waals surface area contributed by atoms with E-state index in [9.17, 15) is 4.79 Å². The fourth-order valence-electron chi connectivity index (χ4n) is 3.89. The minimum absolute atomic E-state index is 0.0754. The van der Waals surface area contributed by atoms with Gasteiger partial charge in [-0.05, 0) is 49.2 Å². The Morgan fingerprint density at radius 1 is 0.750 bits per heavy atom. The molecule has 2 nitrogen and oxygen atoms in total. The van der Waals surface area contributed by atoms with Gasteiger partial charge in [0.05, 0.1) is 0 Å². The van der Waals surface area contributed by atoms with E-state index < -0.39 is 0 Å². The quantitative estimate of drug-likeness (QED) is 0.845. The van der Waals surface area contributed by atoms with Crippen LogP contribution in [0.1, 0.15) is 24.0 Å². The molecule has 1 saturated heterocycles. The van der Waals surface area contributed by atoms with E-state index in [1.54, 1.807) is 0 Å². The first-order valence-electron chi connectivity index (χ1n) is 8.59. The highest BCUT2D eigenvalue weighted by atomic mass is 16.1. The summed E-state index contributed by atoms with van der Waals surface area (Å²) in [5.41, 5.74) is 4.11. The lowest BCUT2D eigenvalue weighted by atomic mass is 9.54. The van der Waals surface area contributed by atoms with Crippen LogP contribution in [0.3, 0.4) is 0 Å². The Hall–Kier alpha value is -2.45.